The molecule has 0 aromatic carbocycles. The Bertz CT molecular complexity index is 170. The van der Waals surface area contributed by atoms with Gasteiger partial charge in [-0.2, -0.15) is 0 Å². The summed E-state index contributed by atoms with van der Waals surface area (Å²) < 4.78 is 9.54. The molecule has 2 aliphatic rings. The van der Waals surface area contributed by atoms with Crippen molar-refractivity contribution in [2.45, 2.75) is 0 Å². The van der Waals surface area contributed by atoms with E-state index in [1.807, 2.05) is 0 Å². The highest BCUT2D eigenvalue weighted by Gasteiger charge is 2.04. The number of hydrogen-bond acceptors (Lipinski definition) is 4. The average Bonchev–Trinajstić information content (AvgIpc) is 2.21. The third kappa shape index (κ3) is 4.78. The fraction of sp³-hybridized carbons (Fsp3) is 0.750. The van der Waals surface area contributed by atoms with Gasteiger partial charge in [-0.25, -0.2) is 0 Å². The van der Waals surface area contributed by atoms with Gasteiger partial charge in [0.25, 0.3) is 0 Å². The van der Waals surface area contributed by atoms with Gasteiger partial charge in [0.2, 0.25) is 11.8 Å². The Morgan fingerprint density at radius 2 is 1.29 bits per heavy atom. The Morgan fingerprint density at radius 3 is 1.43 bits per heavy atom. The number of amides is 2. The predicted octanol–water partition coefficient (Wildman–Crippen LogP) is -1.73. The molecule has 0 aromatic rings. The minimum atomic E-state index is -0.00810. The van der Waals surface area contributed by atoms with E-state index in [-0.39, 0.29) is 25.0 Å². The molecule has 2 aliphatic heterocycles. The number of rotatable bonds is 0. The van der Waals surface area contributed by atoms with E-state index in [1.54, 1.807) is 0 Å². The highest BCUT2D eigenvalue weighted by Crippen LogP contribution is 1.80. The van der Waals surface area contributed by atoms with Crippen LogP contribution in [0.25, 0.3) is 0 Å². The maximum absolute atomic E-state index is 10.2. The molecular weight excluding hydrogens is 188 g/mol. The minimum absolute atomic E-state index is 0.00810. The maximum Gasteiger partial charge on any atom is 0.246 e. The van der Waals surface area contributed by atoms with Crippen LogP contribution in [0, 0.1) is 0 Å². The van der Waals surface area contributed by atoms with Crippen LogP contribution in [-0.4, -0.2) is 51.3 Å². The van der Waals surface area contributed by atoms with Crippen molar-refractivity contribution in [1.29, 1.82) is 0 Å². The summed E-state index contributed by atoms with van der Waals surface area (Å²) in [5, 5.41) is 5.24. The Hall–Kier alpha value is -1.14. The molecule has 2 rings (SSSR count). The standard InChI is InChI=1S/2C4H7NO2/c2*6-4-3-7-2-1-5-4/h2*1-3H2,(H,5,6). The van der Waals surface area contributed by atoms with E-state index >= 15 is 0 Å². The lowest BCUT2D eigenvalue weighted by molar-refractivity contribution is -0.129. The Balaban J connectivity index is 0.000000140. The van der Waals surface area contributed by atoms with Crippen molar-refractivity contribution in [3.63, 3.8) is 0 Å². The van der Waals surface area contributed by atoms with E-state index in [2.05, 4.69) is 10.6 Å². The molecule has 2 amide bonds. The number of nitrogens with one attached hydrogen (secondary N) is 2. The van der Waals surface area contributed by atoms with Gasteiger partial charge in [-0.05, 0) is 0 Å². The van der Waals surface area contributed by atoms with Crippen LogP contribution in [0.1, 0.15) is 0 Å². The van der Waals surface area contributed by atoms with E-state index in [4.69, 9.17) is 9.47 Å². The van der Waals surface area contributed by atoms with E-state index in [0.29, 0.717) is 26.3 Å². The second-order valence-electron chi connectivity index (χ2n) is 2.81. The van der Waals surface area contributed by atoms with Crippen LogP contribution in [0.3, 0.4) is 0 Å². The summed E-state index contributed by atoms with van der Waals surface area (Å²) in [6.45, 7) is 3.12. The van der Waals surface area contributed by atoms with Crippen molar-refractivity contribution in [3.8, 4) is 0 Å². The van der Waals surface area contributed by atoms with E-state index in [9.17, 15) is 9.59 Å². The zero-order chi connectivity index (χ0) is 10.2. The van der Waals surface area contributed by atoms with Gasteiger partial charge in [0.15, 0.2) is 0 Å². The van der Waals surface area contributed by atoms with Crippen LogP contribution in [0.15, 0.2) is 0 Å². The molecule has 0 spiro atoms. The van der Waals surface area contributed by atoms with Crippen molar-refractivity contribution in [2.24, 2.45) is 0 Å². The van der Waals surface area contributed by atoms with Crippen LogP contribution in [0.2, 0.25) is 0 Å². The molecule has 6 heteroatoms. The van der Waals surface area contributed by atoms with Gasteiger partial charge in [-0.1, -0.05) is 0 Å². The molecule has 0 aliphatic carbocycles. The molecule has 0 radical (unpaired) electrons. The van der Waals surface area contributed by atoms with Crippen molar-refractivity contribution >= 4 is 11.8 Å². The zero-order valence-corrected chi connectivity index (χ0v) is 7.88. The molecule has 0 bridgehead atoms. The van der Waals surface area contributed by atoms with E-state index in [0.717, 1.165) is 0 Å². The number of hydrogen-bond donors (Lipinski definition) is 2. The van der Waals surface area contributed by atoms with Gasteiger partial charge < -0.3 is 20.1 Å². The van der Waals surface area contributed by atoms with Gasteiger partial charge in [-0.15, -0.1) is 0 Å². The quantitative estimate of drug-likeness (QED) is 0.489. The van der Waals surface area contributed by atoms with Crippen LogP contribution in [0.4, 0.5) is 0 Å². The molecule has 2 fully saturated rings. The molecule has 0 aromatic heterocycles. The fourth-order valence-electron chi connectivity index (χ4n) is 0.957. The molecule has 6 nitrogen and oxygen atoms in total. The Morgan fingerprint density at radius 1 is 0.857 bits per heavy atom. The first-order chi connectivity index (χ1) is 6.79. The van der Waals surface area contributed by atoms with Gasteiger partial charge in [0.05, 0.1) is 13.2 Å². The lowest BCUT2D eigenvalue weighted by atomic mass is 10.5. The summed E-state index contributed by atoms with van der Waals surface area (Å²) in [7, 11) is 0. The Kier molecular flexibility index (Phi) is 4.95. The molecule has 2 N–H and O–H groups in total. The second kappa shape index (κ2) is 6.33. The molecule has 14 heavy (non-hydrogen) atoms. The molecule has 2 heterocycles. The van der Waals surface area contributed by atoms with Gasteiger partial charge in [0.1, 0.15) is 13.2 Å². The summed E-state index contributed by atoms with van der Waals surface area (Å²) in [5.41, 5.74) is 0. The number of ether oxygens (including phenoxy) is 2. The minimum Gasteiger partial charge on any atom is -0.370 e. The van der Waals surface area contributed by atoms with E-state index in [1.165, 1.54) is 0 Å². The molecular formula is C8H14N2O4. The number of carbonyl (C=O) groups excluding carboxylic acids is 2. The largest absolute Gasteiger partial charge is 0.370 e. The third-order valence-corrected chi connectivity index (χ3v) is 1.60. The van der Waals surface area contributed by atoms with Crippen LogP contribution < -0.4 is 10.6 Å². The van der Waals surface area contributed by atoms with Gasteiger partial charge >= 0.3 is 0 Å². The highest BCUT2D eigenvalue weighted by molar-refractivity contribution is 5.77. The molecule has 2 saturated heterocycles. The molecule has 0 saturated carbocycles. The number of morpholine rings is 2. The fourth-order valence-corrected chi connectivity index (χ4v) is 0.957. The summed E-state index contributed by atoms with van der Waals surface area (Å²) in [6.07, 6.45) is 0. The van der Waals surface area contributed by atoms with Crippen LogP contribution >= 0.6 is 0 Å². The zero-order valence-electron chi connectivity index (χ0n) is 7.88. The third-order valence-electron chi connectivity index (χ3n) is 1.60. The lowest BCUT2D eigenvalue weighted by Crippen LogP contribution is -2.36. The Labute approximate surface area is 81.9 Å². The van der Waals surface area contributed by atoms with Crippen LogP contribution in [-0.2, 0) is 19.1 Å². The first-order valence-corrected chi connectivity index (χ1v) is 4.48. The molecule has 0 unspecified atom stereocenters. The van der Waals surface area contributed by atoms with Crippen LogP contribution in [0.5, 0.6) is 0 Å². The number of carbonyl (C=O) groups is 2. The summed E-state index contributed by atoms with van der Waals surface area (Å²) in [6, 6.07) is 0. The SMILES string of the molecule is O=C1COCCN1.O=C1COCCN1. The van der Waals surface area contributed by atoms with Crippen molar-refractivity contribution < 1.29 is 19.1 Å². The topological polar surface area (TPSA) is 76.7 Å². The summed E-state index contributed by atoms with van der Waals surface area (Å²) in [4.78, 5) is 20.5. The average molecular weight is 202 g/mol. The van der Waals surface area contributed by atoms with E-state index < -0.39 is 0 Å². The van der Waals surface area contributed by atoms with Crippen molar-refractivity contribution in [1.82, 2.24) is 10.6 Å². The highest BCUT2D eigenvalue weighted by atomic mass is 16.5. The lowest BCUT2D eigenvalue weighted by Gasteiger charge is -2.10. The second-order valence-corrected chi connectivity index (χ2v) is 2.81. The first-order valence-electron chi connectivity index (χ1n) is 4.48. The predicted molar refractivity (Wildman–Crippen MR) is 47.7 cm³/mol. The van der Waals surface area contributed by atoms with Gasteiger partial charge in [0, 0.05) is 13.1 Å². The summed E-state index contributed by atoms with van der Waals surface area (Å²) in [5.74, 6) is -0.0162. The first kappa shape index (κ1) is 10.9. The molecule has 80 valence electrons. The summed E-state index contributed by atoms with van der Waals surface area (Å²) >= 11 is 0. The van der Waals surface area contributed by atoms with Gasteiger partial charge in [-0.3, -0.25) is 9.59 Å². The monoisotopic (exact) mass is 202 g/mol. The van der Waals surface area contributed by atoms with Crippen molar-refractivity contribution in [3.05, 3.63) is 0 Å². The normalized spacial score (nSPS) is 21.4. The smallest absolute Gasteiger partial charge is 0.246 e. The molecule has 0 atom stereocenters. The maximum atomic E-state index is 10.2. The van der Waals surface area contributed by atoms with Crippen molar-refractivity contribution in [2.75, 3.05) is 39.5 Å².